The van der Waals surface area contributed by atoms with Gasteiger partial charge in [-0.05, 0) is 67.3 Å². The summed E-state index contributed by atoms with van der Waals surface area (Å²) in [4.78, 5) is 30.3. The number of methoxy groups -OCH3 is 1. The zero-order chi connectivity index (χ0) is 34.3. The molecular weight excluding hydrogens is 669 g/mol. The molecule has 0 bridgehead atoms. The molecule has 4 aromatic rings. The van der Waals surface area contributed by atoms with E-state index in [4.69, 9.17) is 27.9 Å². The Bertz CT molecular complexity index is 1830. The number of carbonyl (C=O) groups excluding carboxylic acids is 2. The number of rotatable bonds is 13. The number of hydrogen-bond donors (Lipinski definition) is 1. The number of sulfonamides is 1. The summed E-state index contributed by atoms with van der Waals surface area (Å²) in [7, 11) is -2.82. The van der Waals surface area contributed by atoms with Gasteiger partial charge in [0.2, 0.25) is 11.8 Å². The first-order valence-corrected chi connectivity index (χ1v) is 18.1. The highest BCUT2D eigenvalue weighted by atomic mass is 35.5. The molecule has 4 aromatic carbocycles. The number of carbonyl (C=O) groups is 2. The lowest BCUT2D eigenvalue weighted by molar-refractivity contribution is -0.140. The van der Waals surface area contributed by atoms with Crippen molar-refractivity contribution in [2.45, 2.75) is 62.6 Å². The summed E-state index contributed by atoms with van der Waals surface area (Å²) < 4.78 is 34.9. The summed E-state index contributed by atoms with van der Waals surface area (Å²) in [6.45, 7) is 1.23. The smallest absolute Gasteiger partial charge is 0.264 e. The number of aryl methyl sites for hydroxylation is 1. The molecule has 8 nitrogen and oxygen atoms in total. The van der Waals surface area contributed by atoms with Crippen molar-refractivity contribution in [3.8, 4) is 5.75 Å². The van der Waals surface area contributed by atoms with Gasteiger partial charge in [-0.1, -0.05) is 102 Å². The number of nitrogens with one attached hydrogen (secondary N) is 1. The Hall–Kier alpha value is -4.05. The van der Waals surface area contributed by atoms with E-state index in [2.05, 4.69) is 5.32 Å². The quantitative estimate of drug-likeness (QED) is 0.159. The average Bonchev–Trinajstić information content (AvgIpc) is 3.59. The standard InChI is InChI=1S/C37H39Cl2N3O5S/c1-26-16-19-31(20-17-26)48(45,46)42(30-18-21-35(47-2)33(39)23-30)25-36(43)41(24-28-12-6-9-15-32(28)38)34(22-27-10-4-3-5-11-27)37(44)40-29-13-7-8-14-29/h3-6,9-12,15-21,23,29,34H,7-8,13-14,22,24-25H2,1-2H3,(H,40,44)/t34-/m0/s1. The van der Waals surface area contributed by atoms with Crippen LogP contribution >= 0.6 is 23.2 Å². The number of ether oxygens (including phenoxy) is 1. The van der Waals surface area contributed by atoms with Crippen molar-refractivity contribution in [3.63, 3.8) is 0 Å². The Morgan fingerprint density at radius 1 is 0.896 bits per heavy atom. The summed E-state index contributed by atoms with van der Waals surface area (Å²) >= 11 is 13.1. The van der Waals surface area contributed by atoms with Crippen LogP contribution < -0.4 is 14.4 Å². The Morgan fingerprint density at radius 3 is 2.21 bits per heavy atom. The van der Waals surface area contributed by atoms with E-state index in [9.17, 15) is 18.0 Å². The normalized spacial score (nSPS) is 13.9. The summed E-state index contributed by atoms with van der Waals surface area (Å²) in [5.74, 6) is -0.530. The number of nitrogens with zero attached hydrogens (tertiary/aromatic N) is 2. The highest BCUT2D eigenvalue weighted by Gasteiger charge is 2.36. The van der Waals surface area contributed by atoms with E-state index in [1.54, 1.807) is 36.4 Å². The van der Waals surface area contributed by atoms with Gasteiger partial charge in [0.25, 0.3) is 10.0 Å². The lowest BCUT2D eigenvalue weighted by Crippen LogP contribution is -2.54. The molecule has 0 radical (unpaired) electrons. The molecule has 48 heavy (non-hydrogen) atoms. The molecule has 1 aliphatic rings. The van der Waals surface area contributed by atoms with Gasteiger partial charge < -0.3 is 15.0 Å². The van der Waals surface area contributed by atoms with Crippen molar-refractivity contribution < 1.29 is 22.7 Å². The van der Waals surface area contributed by atoms with E-state index < -0.39 is 28.5 Å². The van der Waals surface area contributed by atoms with Gasteiger partial charge in [0.05, 0.1) is 22.7 Å². The predicted octanol–water partition coefficient (Wildman–Crippen LogP) is 7.20. The lowest BCUT2D eigenvalue weighted by atomic mass is 10.0. The summed E-state index contributed by atoms with van der Waals surface area (Å²) in [5, 5.41) is 3.78. The van der Waals surface area contributed by atoms with Gasteiger partial charge in [0.1, 0.15) is 18.3 Å². The van der Waals surface area contributed by atoms with Gasteiger partial charge in [0.15, 0.2) is 0 Å². The molecule has 1 atom stereocenters. The second-order valence-electron chi connectivity index (χ2n) is 12.0. The maximum absolute atomic E-state index is 14.7. The number of hydrogen-bond acceptors (Lipinski definition) is 5. The maximum Gasteiger partial charge on any atom is 0.264 e. The molecule has 1 N–H and O–H groups in total. The molecular formula is C37H39Cl2N3O5S. The fraction of sp³-hybridized carbons (Fsp3) is 0.297. The molecule has 1 fully saturated rings. The molecule has 0 heterocycles. The van der Waals surface area contributed by atoms with Crippen LogP contribution in [-0.4, -0.2) is 50.9 Å². The van der Waals surface area contributed by atoms with Crippen molar-refractivity contribution in [1.82, 2.24) is 10.2 Å². The van der Waals surface area contributed by atoms with Crippen molar-refractivity contribution in [2.24, 2.45) is 0 Å². The molecule has 252 valence electrons. The van der Waals surface area contributed by atoms with Crippen LogP contribution in [-0.2, 0) is 32.6 Å². The minimum absolute atomic E-state index is 0.00491. The highest BCUT2D eigenvalue weighted by Crippen LogP contribution is 2.33. The fourth-order valence-corrected chi connectivity index (χ4v) is 7.76. The largest absolute Gasteiger partial charge is 0.495 e. The Morgan fingerprint density at radius 2 is 1.56 bits per heavy atom. The zero-order valence-electron chi connectivity index (χ0n) is 26.9. The van der Waals surface area contributed by atoms with E-state index in [0.29, 0.717) is 16.3 Å². The molecule has 11 heteroatoms. The number of amides is 2. The molecule has 5 rings (SSSR count). The topological polar surface area (TPSA) is 96.0 Å². The van der Waals surface area contributed by atoms with Gasteiger partial charge in [0, 0.05) is 24.0 Å². The first-order valence-electron chi connectivity index (χ1n) is 15.9. The SMILES string of the molecule is COc1ccc(N(CC(=O)N(Cc2ccccc2Cl)[C@@H](Cc2ccccc2)C(=O)NC2CCCC2)S(=O)(=O)c2ccc(C)cc2)cc1Cl. The molecule has 0 aromatic heterocycles. The number of halogens is 2. The number of benzene rings is 4. The molecule has 0 spiro atoms. The van der Waals surface area contributed by atoms with Crippen LogP contribution in [0.25, 0.3) is 0 Å². The van der Waals surface area contributed by atoms with Crippen molar-refractivity contribution in [1.29, 1.82) is 0 Å². The zero-order valence-corrected chi connectivity index (χ0v) is 29.3. The van der Waals surface area contributed by atoms with Gasteiger partial charge in [-0.15, -0.1) is 0 Å². The monoisotopic (exact) mass is 707 g/mol. The van der Waals surface area contributed by atoms with Crippen LogP contribution in [0.15, 0.2) is 102 Å². The Kier molecular flexibility index (Phi) is 11.7. The van der Waals surface area contributed by atoms with Crippen LogP contribution in [0.1, 0.15) is 42.4 Å². The summed E-state index contributed by atoms with van der Waals surface area (Å²) in [6.07, 6.45) is 3.99. The van der Waals surface area contributed by atoms with Crippen molar-refractivity contribution in [2.75, 3.05) is 18.0 Å². The van der Waals surface area contributed by atoms with Crippen molar-refractivity contribution >= 4 is 50.7 Å². The van der Waals surface area contributed by atoms with Crippen LogP contribution in [0.2, 0.25) is 10.0 Å². The van der Waals surface area contributed by atoms with Crippen molar-refractivity contribution in [3.05, 3.63) is 124 Å². The summed E-state index contributed by atoms with van der Waals surface area (Å²) in [5.41, 5.74) is 2.53. The number of anilines is 1. The van der Waals surface area contributed by atoms with Gasteiger partial charge in [-0.25, -0.2) is 8.42 Å². The van der Waals surface area contributed by atoms with E-state index >= 15 is 0 Å². The van der Waals surface area contributed by atoms with Gasteiger partial charge >= 0.3 is 0 Å². The first-order chi connectivity index (χ1) is 23.1. The third-order valence-electron chi connectivity index (χ3n) is 8.58. The van der Waals surface area contributed by atoms with E-state index in [1.165, 1.54) is 36.3 Å². The van der Waals surface area contributed by atoms with E-state index in [1.807, 2.05) is 43.3 Å². The van der Waals surface area contributed by atoms with E-state index in [-0.39, 0.29) is 40.5 Å². The van der Waals surface area contributed by atoms with E-state index in [0.717, 1.165) is 41.1 Å². The predicted molar refractivity (Wildman–Crippen MR) is 190 cm³/mol. The lowest BCUT2D eigenvalue weighted by Gasteiger charge is -2.34. The second kappa shape index (κ2) is 15.9. The molecule has 0 saturated heterocycles. The molecule has 2 amide bonds. The third kappa shape index (κ3) is 8.50. The second-order valence-corrected chi connectivity index (χ2v) is 14.6. The van der Waals surface area contributed by atoms with Crippen LogP contribution in [0.4, 0.5) is 5.69 Å². The molecule has 0 aliphatic heterocycles. The maximum atomic E-state index is 14.7. The average molecular weight is 709 g/mol. The van der Waals surface area contributed by atoms with Crippen LogP contribution in [0, 0.1) is 6.92 Å². The highest BCUT2D eigenvalue weighted by molar-refractivity contribution is 7.92. The molecule has 0 unspecified atom stereocenters. The van der Waals surface area contributed by atoms with Gasteiger partial charge in [-0.3, -0.25) is 13.9 Å². The van der Waals surface area contributed by atoms with Crippen LogP contribution in [0.3, 0.4) is 0 Å². The summed E-state index contributed by atoms with van der Waals surface area (Å²) in [6, 6.07) is 26.5. The molecule has 1 saturated carbocycles. The minimum atomic E-state index is -4.28. The van der Waals surface area contributed by atoms with Crippen LogP contribution in [0.5, 0.6) is 5.75 Å². The Labute approximate surface area is 292 Å². The fourth-order valence-electron chi connectivity index (χ4n) is 5.91. The first kappa shape index (κ1) is 35.3. The van der Waals surface area contributed by atoms with Gasteiger partial charge in [-0.2, -0.15) is 0 Å². The Balaban J connectivity index is 1.59. The molecule has 1 aliphatic carbocycles. The minimum Gasteiger partial charge on any atom is -0.495 e. The third-order valence-corrected chi connectivity index (χ3v) is 11.0.